The first kappa shape index (κ1) is 17.9. The smallest absolute Gasteiger partial charge is 0.269 e. The molecule has 1 heterocycles. The third kappa shape index (κ3) is 3.42. The van der Waals surface area contributed by atoms with Crippen molar-refractivity contribution < 1.29 is 18.0 Å². The van der Waals surface area contributed by atoms with Crippen LogP contribution in [0.15, 0.2) is 29.2 Å². The zero-order chi connectivity index (χ0) is 18.4. The molecular weight excluding hydrogens is 340 g/mol. The fourth-order valence-electron chi connectivity index (χ4n) is 4.25. The molecule has 6 nitrogen and oxygen atoms in total. The third-order valence-corrected chi connectivity index (χ3v) is 6.74. The molecule has 7 heteroatoms. The van der Waals surface area contributed by atoms with Gasteiger partial charge >= 0.3 is 0 Å². The Labute approximate surface area is 148 Å². The van der Waals surface area contributed by atoms with Crippen molar-refractivity contribution in [3.8, 4) is 0 Å². The summed E-state index contributed by atoms with van der Waals surface area (Å²) in [6.07, 6.45) is 2.83. The first-order valence-electron chi connectivity index (χ1n) is 8.56. The zero-order valence-electron chi connectivity index (χ0n) is 14.8. The number of nitrogens with one attached hydrogen (secondary N) is 1. The molecule has 2 atom stereocenters. The van der Waals surface area contributed by atoms with Crippen molar-refractivity contribution >= 4 is 21.8 Å². The highest BCUT2D eigenvalue weighted by Crippen LogP contribution is 2.38. The van der Waals surface area contributed by atoms with E-state index in [1.165, 1.54) is 12.1 Å². The number of benzene rings is 1. The Kier molecular flexibility index (Phi) is 4.39. The molecule has 0 bridgehead atoms. The Hall–Kier alpha value is -1.89. The molecule has 1 aliphatic carbocycles. The molecule has 0 unspecified atom stereocenters. The van der Waals surface area contributed by atoms with Crippen LogP contribution in [0.25, 0.3) is 0 Å². The van der Waals surface area contributed by atoms with Gasteiger partial charge in [-0.3, -0.25) is 9.59 Å². The minimum atomic E-state index is -3.94. The molecule has 1 aromatic carbocycles. The molecule has 0 radical (unpaired) electrons. The van der Waals surface area contributed by atoms with E-state index in [-0.39, 0.29) is 21.9 Å². The number of carbonyl (C=O) groups is 2. The van der Waals surface area contributed by atoms with E-state index in [2.05, 4.69) is 26.1 Å². The predicted octanol–water partition coefficient (Wildman–Crippen LogP) is 2.16. The molecule has 3 rings (SSSR count). The maximum Gasteiger partial charge on any atom is 0.269 e. The average Bonchev–Trinajstić information content (AvgIpc) is 2.67. The Morgan fingerprint density at radius 3 is 2.60 bits per heavy atom. The van der Waals surface area contributed by atoms with Crippen molar-refractivity contribution in [1.29, 1.82) is 0 Å². The number of amides is 2. The molecule has 1 fully saturated rings. The second-order valence-corrected chi connectivity index (χ2v) is 9.82. The van der Waals surface area contributed by atoms with Crippen LogP contribution >= 0.6 is 0 Å². The SMILES string of the molecule is C[C@@H]1C[C@@H](NC(=O)CN2C(=O)c3ccccc3S2(=O)=O)CC(C)(C)C1. The van der Waals surface area contributed by atoms with Gasteiger partial charge in [0.1, 0.15) is 11.4 Å². The Bertz CT molecular complexity index is 816. The van der Waals surface area contributed by atoms with Crippen molar-refractivity contribution in [2.24, 2.45) is 11.3 Å². The molecule has 25 heavy (non-hydrogen) atoms. The predicted molar refractivity (Wildman–Crippen MR) is 93.4 cm³/mol. The van der Waals surface area contributed by atoms with Gasteiger partial charge in [0.2, 0.25) is 5.91 Å². The Morgan fingerprint density at radius 2 is 1.96 bits per heavy atom. The molecule has 0 saturated heterocycles. The number of rotatable bonds is 3. The second-order valence-electron chi connectivity index (χ2n) is 7.99. The fourth-order valence-corrected chi connectivity index (χ4v) is 5.77. The van der Waals surface area contributed by atoms with Gasteiger partial charge in [-0.15, -0.1) is 0 Å². The van der Waals surface area contributed by atoms with Gasteiger partial charge in [-0.1, -0.05) is 32.9 Å². The fraction of sp³-hybridized carbons (Fsp3) is 0.556. The van der Waals surface area contributed by atoms with Crippen LogP contribution in [0.3, 0.4) is 0 Å². The molecule has 1 N–H and O–H groups in total. The molecule has 0 spiro atoms. The van der Waals surface area contributed by atoms with E-state index >= 15 is 0 Å². The van der Waals surface area contributed by atoms with E-state index in [9.17, 15) is 18.0 Å². The number of hydrogen-bond donors (Lipinski definition) is 1. The van der Waals surface area contributed by atoms with Crippen LogP contribution in [0.1, 0.15) is 50.4 Å². The highest BCUT2D eigenvalue weighted by molar-refractivity contribution is 7.90. The summed E-state index contributed by atoms with van der Waals surface area (Å²) in [4.78, 5) is 24.7. The lowest BCUT2D eigenvalue weighted by molar-refractivity contribution is -0.122. The van der Waals surface area contributed by atoms with Crippen molar-refractivity contribution in [3.05, 3.63) is 29.8 Å². The number of fused-ring (bicyclic) bond motifs is 1. The lowest BCUT2D eigenvalue weighted by atomic mass is 9.70. The highest BCUT2D eigenvalue weighted by atomic mass is 32.2. The summed E-state index contributed by atoms with van der Waals surface area (Å²) in [6.45, 7) is 6.03. The summed E-state index contributed by atoms with van der Waals surface area (Å²) in [7, 11) is -3.94. The largest absolute Gasteiger partial charge is 0.352 e. The van der Waals surface area contributed by atoms with Crippen LogP contribution in [-0.2, 0) is 14.8 Å². The second kappa shape index (κ2) is 6.12. The van der Waals surface area contributed by atoms with Gasteiger partial charge in [0.15, 0.2) is 0 Å². The number of nitrogens with zero attached hydrogens (tertiary/aromatic N) is 1. The van der Waals surface area contributed by atoms with Gasteiger partial charge < -0.3 is 5.32 Å². The number of hydrogen-bond acceptors (Lipinski definition) is 4. The molecule has 1 aliphatic heterocycles. The highest BCUT2D eigenvalue weighted by Gasteiger charge is 2.42. The standard InChI is InChI=1S/C18H24N2O4S/c1-12-8-13(10-18(2,3)9-12)19-16(21)11-20-17(22)14-6-4-5-7-15(14)25(20,23)24/h4-7,12-13H,8-11H2,1-3H3,(H,19,21)/t12-,13-/m1/s1. The van der Waals surface area contributed by atoms with Gasteiger partial charge in [-0.25, -0.2) is 12.7 Å². The van der Waals surface area contributed by atoms with Gasteiger partial charge in [0.05, 0.1) is 5.56 Å². The lowest BCUT2D eigenvalue weighted by Crippen LogP contribution is -2.47. The molecular formula is C18H24N2O4S. The number of carbonyl (C=O) groups excluding carboxylic acids is 2. The van der Waals surface area contributed by atoms with Crippen LogP contribution in [-0.4, -0.2) is 37.1 Å². The molecule has 2 aliphatic rings. The van der Waals surface area contributed by atoms with Gasteiger partial charge in [-0.05, 0) is 42.7 Å². The Morgan fingerprint density at radius 1 is 1.28 bits per heavy atom. The first-order valence-corrected chi connectivity index (χ1v) is 10.00. The lowest BCUT2D eigenvalue weighted by Gasteiger charge is -2.39. The van der Waals surface area contributed by atoms with E-state index in [0.717, 1.165) is 19.3 Å². The summed E-state index contributed by atoms with van der Waals surface area (Å²) >= 11 is 0. The average molecular weight is 364 g/mol. The summed E-state index contributed by atoms with van der Waals surface area (Å²) in [5.41, 5.74) is 0.268. The van der Waals surface area contributed by atoms with E-state index in [1.807, 2.05) is 0 Å². The van der Waals surface area contributed by atoms with E-state index in [0.29, 0.717) is 10.2 Å². The van der Waals surface area contributed by atoms with Gasteiger partial charge in [0, 0.05) is 6.04 Å². The minimum Gasteiger partial charge on any atom is -0.352 e. The molecule has 136 valence electrons. The topological polar surface area (TPSA) is 83.6 Å². The van der Waals surface area contributed by atoms with Gasteiger partial charge in [-0.2, -0.15) is 0 Å². The maximum absolute atomic E-state index is 12.5. The summed E-state index contributed by atoms with van der Waals surface area (Å²) < 4.78 is 25.7. The maximum atomic E-state index is 12.5. The van der Waals surface area contributed by atoms with Crippen LogP contribution in [0.4, 0.5) is 0 Å². The molecule has 2 amide bonds. The van der Waals surface area contributed by atoms with Gasteiger partial charge in [0.25, 0.3) is 15.9 Å². The van der Waals surface area contributed by atoms with Crippen molar-refractivity contribution in [2.75, 3.05) is 6.54 Å². The van der Waals surface area contributed by atoms with E-state index in [4.69, 9.17) is 0 Å². The van der Waals surface area contributed by atoms with Crippen LogP contribution in [0, 0.1) is 11.3 Å². The Balaban J connectivity index is 1.71. The normalized spacial score (nSPS) is 27.0. The molecule has 1 saturated carbocycles. The van der Waals surface area contributed by atoms with E-state index < -0.39 is 28.4 Å². The van der Waals surface area contributed by atoms with E-state index in [1.54, 1.807) is 12.1 Å². The number of sulfonamides is 1. The van der Waals surface area contributed by atoms with Crippen LogP contribution in [0.2, 0.25) is 0 Å². The summed E-state index contributed by atoms with van der Waals surface area (Å²) in [6, 6.07) is 6.05. The zero-order valence-corrected chi connectivity index (χ0v) is 15.6. The third-order valence-electron chi connectivity index (χ3n) is 4.95. The summed E-state index contributed by atoms with van der Waals surface area (Å²) in [5.74, 6) is -0.571. The minimum absolute atomic E-state index is 0.00837. The first-order chi connectivity index (χ1) is 11.6. The van der Waals surface area contributed by atoms with Crippen molar-refractivity contribution in [3.63, 3.8) is 0 Å². The molecule has 0 aromatic heterocycles. The summed E-state index contributed by atoms with van der Waals surface area (Å²) in [5, 5.41) is 2.92. The quantitative estimate of drug-likeness (QED) is 0.891. The van der Waals surface area contributed by atoms with Crippen molar-refractivity contribution in [1.82, 2.24) is 9.62 Å². The van der Waals surface area contributed by atoms with Crippen molar-refractivity contribution in [2.45, 2.75) is 51.0 Å². The molecule has 1 aromatic rings. The monoisotopic (exact) mass is 364 g/mol. The van der Waals surface area contributed by atoms with Crippen LogP contribution < -0.4 is 5.32 Å². The van der Waals surface area contributed by atoms with Crippen LogP contribution in [0.5, 0.6) is 0 Å².